The maximum absolute atomic E-state index is 11.4. The molecule has 1 atom stereocenters. The van der Waals surface area contributed by atoms with Crippen molar-refractivity contribution in [3.8, 4) is 0 Å². The molecule has 1 N–H and O–H groups in total. The first kappa shape index (κ1) is 13.2. The van der Waals surface area contributed by atoms with Crippen LogP contribution in [0.15, 0.2) is 23.2 Å². The molecule has 1 aromatic rings. The Bertz CT molecular complexity index is 429. The lowest BCUT2D eigenvalue weighted by atomic mass is 9.78. The molecule has 0 aliphatic carbocycles. The summed E-state index contributed by atoms with van der Waals surface area (Å²) in [5.41, 5.74) is 0.499. The lowest BCUT2D eigenvalue weighted by Crippen LogP contribution is -2.38. The lowest BCUT2D eigenvalue weighted by Gasteiger charge is -2.33. The van der Waals surface area contributed by atoms with Crippen molar-refractivity contribution in [2.45, 2.75) is 24.2 Å². The highest BCUT2D eigenvalue weighted by molar-refractivity contribution is 7.90. The van der Waals surface area contributed by atoms with E-state index in [1.165, 1.54) is 19.3 Å². The Morgan fingerprint density at radius 2 is 2.11 bits per heavy atom. The number of hydrogen-bond donors (Lipinski definition) is 1. The molecule has 1 spiro atoms. The number of nitrogens with one attached hydrogen (secondary N) is 1. The quantitative estimate of drug-likeness (QED) is 0.832. The number of aromatic nitrogens is 1. The van der Waals surface area contributed by atoms with Crippen LogP contribution in [0.5, 0.6) is 0 Å². The average molecular weight is 279 g/mol. The fraction of sp³-hybridized carbons (Fsp3) is 0.643. The Labute approximate surface area is 117 Å². The summed E-state index contributed by atoms with van der Waals surface area (Å²) in [6.07, 6.45) is 7.27. The van der Waals surface area contributed by atoms with Crippen molar-refractivity contribution in [3.63, 3.8) is 0 Å². The Balaban J connectivity index is 1.70. The molecule has 0 amide bonds. The van der Waals surface area contributed by atoms with Crippen molar-refractivity contribution in [1.82, 2.24) is 10.3 Å². The normalized spacial score (nSPS) is 23.8. The van der Waals surface area contributed by atoms with E-state index in [1.54, 1.807) is 12.5 Å². The fourth-order valence-electron chi connectivity index (χ4n) is 3.23. The summed E-state index contributed by atoms with van der Waals surface area (Å²) in [7, 11) is 0. The highest BCUT2D eigenvalue weighted by Crippen LogP contribution is 2.39. The third-order valence-electron chi connectivity index (χ3n) is 4.48. The molecule has 2 fully saturated rings. The Morgan fingerprint density at radius 3 is 2.74 bits per heavy atom. The van der Waals surface area contributed by atoms with Crippen molar-refractivity contribution < 1.29 is 4.55 Å². The highest BCUT2D eigenvalue weighted by Gasteiger charge is 2.39. The number of pyridine rings is 1. The summed E-state index contributed by atoms with van der Waals surface area (Å²) in [5, 5.41) is 3.44. The fourth-order valence-corrected chi connectivity index (χ4v) is 3.69. The standard InChI is InChI=1S/C14H21N3OS/c1-19(18)12-2-3-13(16-10-12)17-9-6-14(11-17)4-7-15-8-5-14/h2-3,10,15H,4-9,11H2,1H3. The van der Waals surface area contributed by atoms with Crippen LogP contribution in [0.25, 0.3) is 0 Å². The molecule has 3 rings (SSSR count). The van der Waals surface area contributed by atoms with E-state index in [0.717, 1.165) is 36.9 Å². The first-order valence-corrected chi connectivity index (χ1v) is 8.50. The molecular weight excluding hydrogens is 258 g/mol. The molecule has 1 aromatic heterocycles. The molecule has 104 valence electrons. The second-order valence-electron chi connectivity index (χ2n) is 5.73. The van der Waals surface area contributed by atoms with E-state index in [9.17, 15) is 4.55 Å². The molecular formula is C14H21N3OS. The minimum Gasteiger partial charge on any atom is -0.612 e. The van der Waals surface area contributed by atoms with Crippen LogP contribution >= 0.6 is 0 Å². The van der Waals surface area contributed by atoms with Gasteiger partial charge in [0.05, 0.1) is 6.20 Å². The molecule has 2 saturated heterocycles. The van der Waals surface area contributed by atoms with Crippen molar-refractivity contribution in [3.05, 3.63) is 18.3 Å². The van der Waals surface area contributed by atoms with Gasteiger partial charge in [0.25, 0.3) is 0 Å². The van der Waals surface area contributed by atoms with Gasteiger partial charge in [-0.1, -0.05) is 0 Å². The third-order valence-corrected chi connectivity index (χ3v) is 5.38. The molecule has 3 heterocycles. The van der Waals surface area contributed by atoms with Gasteiger partial charge >= 0.3 is 0 Å². The summed E-state index contributed by atoms with van der Waals surface area (Å²) < 4.78 is 11.4. The zero-order chi connectivity index (χ0) is 13.3. The van der Waals surface area contributed by atoms with Crippen LogP contribution in [-0.4, -0.2) is 42.0 Å². The molecule has 0 radical (unpaired) electrons. The van der Waals surface area contributed by atoms with Crippen LogP contribution in [-0.2, 0) is 11.2 Å². The van der Waals surface area contributed by atoms with E-state index in [2.05, 4.69) is 15.2 Å². The second kappa shape index (κ2) is 5.31. The van der Waals surface area contributed by atoms with Gasteiger partial charge in [0.15, 0.2) is 4.90 Å². The van der Waals surface area contributed by atoms with Crippen LogP contribution in [0.3, 0.4) is 0 Å². The van der Waals surface area contributed by atoms with E-state index in [4.69, 9.17) is 0 Å². The van der Waals surface area contributed by atoms with E-state index in [-0.39, 0.29) is 0 Å². The van der Waals surface area contributed by atoms with E-state index < -0.39 is 11.2 Å². The van der Waals surface area contributed by atoms with Crippen LogP contribution in [0.1, 0.15) is 19.3 Å². The smallest absolute Gasteiger partial charge is 0.170 e. The predicted octanol–water partition coefficient (Wildman–Crippen LogP) is 1.40. The zero-order valence-corrected chi connectivity index (χ0v) is 12.2. The van der Waals surface area contributed by atoms with Gasteiger partial charge in [0.2, 0.25) is 0 Å². The Hall–Kier alpha value is -0.780. The van der Waals surface area contributed by atoms with Gasteiger partial charge in [0.1, 0.15) is 12.1 Å². The first-order valence-electron chi connectivity index (χ1n) is 6.94. The van der Waals surface area contributed by atoms with Crippen molar-refractivity contribution in [2.24, 2.45) is 5.41 Å². The summed E-state index contributed by atoms with van der Waals surface area (Å²) in [6, 6.07) is 3.95. The average Bonchev–Trinajstić information content (AvgIpc) is 2.83. The van der Waals surface area contributed by atoms with E-state index >= 15 is 0 Å². The van der Waals surface area contributed by atoms with Crippen molar-refractivity contribution in [2.75, 3.05) is 37.3 Å². The minimum absolute atomic E-state index is 0.499. The van der Waals surface area contributed by atoms with Gasteiger partial charge in [-0.15, -0.1) is 0 Å². The van der Waals surface area contributed by atoms with Gasteiger partial charge in [0, 0.05) is 13.1 Å². The molecule has 2 aliphatic rings. The van der Waals surface area contributed by atoms with Crippen LogP contribution in [0.4, 0.5) is 5.82 Å². The maximum Gasteiger partial charge on any atom is 0.170 e. The minimum atomic E-state index is -0.939. The van der Waals surface area contributed by atoms with Gasteiger partial charge < -0.3 is 14.8 Å². The Morgan fingerprint density at radius 1 is 1.32 bits per heavy atom. The van der Waals surface area contributed by atoms with Crippen molar-refractivity contribution >= 4 is 17.0 Å². The van der Waals surface area contributed by atoms with Crippen molar-refractivity contribution in [1.29, 1.82) is 0 Å². The molecule has 0 saturated carbocycles. The number of nitrogens with zero attached hydrogens (tertiary/aromatic N) is 2. The largest absolute Gasteiger partial charge is 0.612 e. The van der Waals surface area contributed by atoms with E-state index in [0.29, 0.717) is 5.41 Å². The number of anilines is 1. The zero-order valence-electron chi connectivity index (χ0n) is 11.4. The maximum atomic E-state index is 11.4. The SMILES string of the molecule is C[S+]([O-])c1ccc(N2CCC3(CCNCC3)C2)nc1. The molecule has 0 aromatic carbocycles. The van der Waals surface area contributed by atoms with Crippen LogP contribution in [0.2, 0.25) is 0 Å². The third kappa shape index (κ3) is 2.73. The molecule has 19 heavy (non-hydrogen) atoms. The van der Waals surface area contributed by atoms with E-state index in [1.807, 2.05) is 12.1 Å². The number of hydrogen-bond acceptors (Lipinski definition) is 4. The second-order valence-corrected chi connectivity index (χ2v) is 7.11. The highest BCUT2D eigenvalue weighted by atomic mass is 32.2. The van der Waals surface area contributed by atoms with Gasteiger partial charge in [-0.2, -0.15) is 0 Å². The predicted molar refractivity (Wildman–Crippen MR) is 77.9 cm³/mol. The van der Waals surface area contributed by atoms with Gasteiger partial charge in [-0.25, -0.2) is 4.98 Å². The molecule has 5 heteroatoms. The number of rotatable bonds is 2. The molecule has 1 unspecified atom stereocenters. The van der Waals surface area contributed by atoms with Gasteiger partial charge in [-0.05, 0) is 61.1 Å². The Kier molecular flexibility index (Phi) is 3.69. The van der Waals surface area contributed by atoms with Gasteiger partial charge in [-0.3, -0.25) is 0 Å². The molecule has 4 nitrogen and oxygen atoms in total. The first-order chi connectivity index (χ1) is 9.19. The molecule has 0 bridgehead atoms. The van der Waals surface area contributed by atoms with Crippen LogP contribution in [0, 0.1) is 5.41 Å². The summed E-state index contributed by atoms with van der Waals surface area (Å²) in [4.78, 5) is 7.66. The monoisotopic (exact) mass is 279 g/mol. The summed E-state index contributed by atoms with van der Waals surface area (Å²) in [5.74, 6) is 1.03. The summed E-state index contributed by atoms with van der Waals surface area (Å²) in [6.45, 7) is 4.52. The lowest BCUT2D eigenvalue weighted by molar-refractivity contribution is 0.232. The topological polar surface area (TPSA) is 51.2 Å². The van der Waals surface area contributed by atoms with Crippen LogP contribution < -0.4 is 10.2 Å². The molecule has 2 aliphatic heterocycles. The summed E-state index contributed by atoms with van der Waals surface area (Å²) >= 11 is -0.939. The number of piperidine rings is 1.